The van der Waals surface area contributed by atoms with E-state index in [1.165, 1.54) is 7.11 Å². The minimum atomic E-state index is -1.11. The van der Waals surface area contributed by atoms with Crippen molar-refractivity contribution in [1.82, 2.24) is 4.90 Å². The molecular weight excluding hydrogens is 410 g/mol. The number of benzene rings is 2. The van der Waals surface area contributed by atoms with Crippen LogP contribution in [0.2, 0.25) is 0 Å². The van der Waals surface area contributed by atoms with Crippen LogP contribution in [0.3, 0.4) is 0 Å². The van der Waals surface area contributed by atoms with Crippen LogP contribution in [-0.4, -0.2) is 54.0 Å². The van der Waals surface area contributed by atoms with Gasteiger partial charge in [-0.3, -0.25) is 14.5 Å². The van der Waals surface area contributed by atoms with Gasteiger partial charge in [0.15, 0.2) is 18.1 Å². The van der Waals surface area contributed by atoms with Gasteiger partial charge in [0.25, 0.3) is 11.1 Å². The average Bonchev–Trinajstić information content (AvgIpc) is 3.00. The van der Waals surface area contributed by atoms with Gasteiger partial charge in [-0.2, -0.15) is 0 Å². The number of amides is 2. The Hall–Kier alpha value is -3.46. The summed E-state index contributed by atoms with van der Waals surface area (Å²) in [6.07, 6.45) is 1.58. The zero-order valence-electron chi connectivity index (χ0n) is 16.1. The van der Waals surface area contributed by atoms with Crippen LogP contribution in [-0.2, 0) is 9.59 Å². The van der Waals surface area contributed by atoms with E-state index in [4.69, 9.17) is 19.3 Å². The lowest BCUT2D eigenvalue weighted by Gasteiger charge is -2.13. The number of aliphatic carboxylic acids is 1. The maximum absolute atomic E-state index is 12.6. The number of imide groups is 1. The molecule has 0 bridgehead atoms. The second kappa shape index (κ2) is 9.84. The Morgan fingerprint density at radius 3 is 2.57 bits per heavy atom. The normalized spacial score (nSPS) is 14.8. The number of carboxylic acid groups (broad SMARTS) is 1. The number of para-hydroxylation sites is 1. The van der Waals surface area contributed by atoms with Gasteiger partial charge < -0.3 is 19.3 Å². The lowest BCUT2D eigenvalue weighted by molar-refractivity contribution is -0.139. The third kappa shape index (κ3) is 5.32. The highest BCUT2D eigenvalue weighted by molar-refractivity contribution is 8.18. The van der Waals surface area contributed by atoms with Crippen molar-refractivity contribution in [3.05, 3.63) is 59.0 Å². The molecule has 0 aliphatic carbocycles. The number of carboxylic acids is 1. The summed E-state index contributed by atoms with van der Waals surface area (Å²) in [5.41, 5.74) is 0.612. The van der Waals surface area contributed by atoms with Crippen molar-refractivity contribution in [3.8, 4) is 17.2 Å². The standard InChI is InChI=1S/C21H19NO7S/c1-27-17-11-14(7-8-16(17)29-13-19(23)24)12-18-20(25)22(21(26)30-18)9-10-28-15-5-3-2-4-6-15/h2-8,11-12H,9-10,13H2,1H3,(H,23,24)/b18-12-. The lowest BCUT2D eigenvalue weighted by atomic mass is 10.2. The van der Waals surface area contributed by atoms with Crippen molar-refractivity contribution in [2.24, 2.45) is 0 Å². The second-order valence-electron chi connectivity index (χ2n) is 6.09. The van der Waals surface area contributed by atoms with Gasteiger partial charge >= 0.3 is 5.97 Å². The molecule has 30 heavy (non-hydrogen) atoms. The van der Waals surface area contributed by atoms with Crippen LogP contribution in [0.15, 0.2) is 53.4 Å². The molecule has 2 amide bonds. The van der Waals surface area contributed by atoms with E-state index in [-0.39, 0.29) is 29.0 Å². The number of thioether (sulfide) groups is 1. The first-order valence-corrected chi connectivity index (χ1v) is 9.75. The van der Waals surface area contributed by atoms with E-state index in [0.717, 1.165) is 16.7 Å². The molecule has 1 heterocycles. The molecule has 156 valence electrons. The van der Waals surface area contributed by atoms with Gasteiger partial charge in [0, 0.05) is 0 Å². The van der Waals surface area contributed by atoms with E-state index in [2.05, 4.69) is 0 Å². The van der Waals surface area contributed by atoms with E-state index in [0.29, 0.717) is 17.1 Å². The molecule has 1 saturated heterocycles. The monoisotopic (exact) mass is 429 g/mol. The smallest absolute Gasteiger partial charge is 0.341 e. The molecular formula is C21H19NO7S. The summed E-state index contributed by atoms with van der Waals surface area (Å²) in [6, 6.07) is 13.9. The topological polar surface area (TPSA) is 102 Å². The molecule has 2 aromatic rings. The van der Waals surface area contributed by atoms with Crippen LogP contribution in [0.25, 0.3) is 6.08 Å². The first-order valence-electron chi connectivity index (χ1n) is 8.94. The zero-order valence-corrected chi connectivity index (χ0v) is 16.9. The Labute approximate surface area is 177 Å². The van der Waals surface area contributed by atoms with Crippen LogP contribution in [0, 0.1) is 0 Å². The van der Waals surface area contributed by atoms with Crippen LogP contribution in [0.5, 0.6) is 17.2 Å². The van der Waals surface area contributed by atoms with Crippen molar-refractivity contribution in [2.75, 3.05) is 26.9 Å². The van der Waals surface area contributed by atoms with Gasteiger partial charge in [0.05, 0.1) is 18.6 Å². The number of ether oxygens (including phenoxy) is 3. The molecule has 1 aliphatic heterocycles. The van der Waals surface area contributed by atoms with Crippen molar-refractivity contribution in [3.63, 3.8) is 0 Å². The van der Waals surface area contributed by atoms with Gasteiger partial charge in [-0.15, -0.1) is 0 Å². The minimum Gasteiger partial charge on any atom is -0.493 e. The fourth-order valence-electron chi connectivity index (χ4n) is 2.65. The fraction of sp³-hybridized carbons (Fsp3) is 0.190. The number of hydrogen-bond acceptors (Lipinski definition) is 7. The van der Waals surface area contributed by atoms with Crippen molar-refractivity contribution in [2.45, 2.75) is 0 Å². The molecule has 1 fully saturated rings. The maximum Gasteiger partial charge on any atom is 0.341 e. The Morgan fingerprint density at radius 2 is 1.87 bits per heavy atom. The van der Waals surface area contributed by atoms with E-state index in [1.807, 2.05) is 18.2 Å². The molecule has 9 heteroatoms. The quantitative estimate of drug-likeness (QED) is 0.606. The summed E-state index contributed by atoms with van der Waals surface area (Å²) in [4.78, 5) is 36.9. The minimum absolute atomic E-state index is 0.141. The summed E-state index contributed by atoms with van der Waals surface area (Å²) in [6.45, 7) is -0.166. The van der Waals surface area contributed by atoms with E-state index in [1.54, 1.807) is 36.4 Å². The second-order valence-corrected chi connectivity index (χ2v) is 7.08. The van der Waals surface area contributed by atoms with E-state index in [9.17, 15) is 14.4 Å². The predicted molar refractivity (Wildman–Crippen MR) is 111 cm³/mol. The van der Waals surface area contributed by atoms with E-state index >= 15 is 0 Å². The number of nitrogens with zero attached hydrogens (tertiary/aromatic N) is 1. The first-order chi connectivity index (χ1) is 14.5. The molecule has 0 atom stereocenters. The summed E-state index contributed by atoms with van der Waals surface area (Å²) < 4.78 is 15.9. The lowest BCUT2D eigenvalue weighted by Crippen LogP contribution is -2.32. The zero-order chi connectivity index (χ0) is 21.5. The first kappa shape index (κ1) is 21.3. The SMILES string of the molecule is COc1cc(/C=C2\SC(=O)N(CCOc3ccccc3)C2=O)ccc1OCC(=O)O. The molecule has 0 unspecified atom stereocenters. The molecule has 1 aliphatic rings. The van der Waals surface area contributed by atoms with Crippen LogP contribution in [0.4, 0.5) is 4.79 Å². The van der Waals surface area contributed by atoms with Crippen molar-refractivity contribution in [1.29, 1.82) is 0 Å². The summed E-state index contributed by atoms with van der Waals surface area (Å²) in [7, 11) is 1.42. The number of rotatable bonds is 9. The summed E-state index contributed by atoms with van der Waals surface area (Å²) in [5, 5.41) is 8.36. The third-order valence-electron chi connectivity index (χ3n) is 4.04. The molecule has 3 rings (SSSR count). The Bertz CT molecular complexity index is 975. The van der Waals surface area contributed by atoms with Crippen LogP contribution in [0.1, 0.15) is 5.56 Å². The van der Waals surface area contributed by atoms with Gasteiger partial charge in [-0.05, 0) is 47.7 Å². The number of carbonyl (C=O) groups is 3. The molecule has 0 aromatic heterocycles. The Kier molecular flexibility index (Phi) is 6.97. The third-order valence-corrected chi connectivity index (χ3v) is 4.94. The number of carbonyl (C=O) groups excluding carboxylic acids is 2. The Balaban J connectivity index is 1.66. The number of hydrogen-bond donors (Lipinski definition) is 1. The molecule has 1 N–H and O–H groups in total. The fourth-order valence-corrected chi connectivity index (χ4v) is 3.51. The highest BCUT2D eigenvalue weighted by atomic mass is 32.2. The molecule has 0 saturated carbocycles. The van der Waals surface area contributed by atoms with Crippen LogP contribution >= 0.6 is 11.8 Å². The van der Waals surface area contributed by atoms with Gasteiger partial charge in [-0.1, -0.05) is 24.3 Å². The maximum atomic E-state index is 12.6. The van der Waals surface area contributed by atoms with Crippen molar-refractivity contribution < 1.29 is 33.7 Å². The van der Waals surface area contributed by atoms with E-state index < -0.39 is 18.5 Å². The van der Waals surface area contributed by atoms with Gasteiger partial charge in [0.2, 0.25) is 0 Å². The molecule has 0 spiro atoms. The average molecular weight is 429 g/mol. The van der Waals surface area contributed by atoms with Gasteiger partial charge in [0.1, 0.15) is 12.4 Å². The largest absolute Gasteiger partial charge is 0.493 e. The molecule has 0 radical (unpaired) electrons. The molecule has 8 nitrogen and oxygen atoms in total. The highest BCUT2D eigenvalue weighted by Crippen LogP contribution is 2.34. The highest BCUT2D eigenvalue weighted by Gasteiger charge is 2.34. The Morgan fingerprint density at radius 1 is 1.10 bits per heavy atom. The predicted octanol–water partition coefficient (Wildman–Crippen LogP) is 3.27. The van der Waals surface area contributed by atoms with Gasteiger partial charge in [-0.25, -0.2) is 4.79 Å². The van der Waals surface area contributed by atoms with Crippen LogP contribution < -0.4 is 14.2 Å². The number of methoxy groups -OCH3 is 1. The molecule has 2 aromatic carbocycles. The summed E-state index contributed by atoms with van der Waals surface area (Å²) in [5.74, 6) is -0.251. The summed E-state index contributed by atoms with van der Waals surface area (Å²) >= 11 is 0.848. The van der Waals surface area contributed by atoms with Crippen molar-refractivity contribution >= 4 is 35.0 Å².